The monoisotopic (exact) mass is 410 g/mol. The summed E-state index contributed by atoms with van der Waals surface area (Å²) >= 11 is 0. The molecule has 0 bridgehead atoms. The summed E-state index contributed by atoms with van der Waals surface area (Å²) in [6.45, 7) is 3.97. The van der Waals surface area contributed by atoms with Crippen LogP contribution in [0, 0.1) is 12.8 Å². The van der Waals surface area contributed by atoms with E-state index in [0.717, 1.165) is 36.4 Å². The van der Waals surface area contributed by atoms with Crippen LogP contribution in [0.5, 0.6) is 0 Å². The molecule has 3 aliphatic rings. The molecule has 4 amide bonds. The van der Waals surface area contributed by atoms with E-state index in [2.05, 4.69) is 22.8 Å². The Labute approximate surface area is 174 Å². The van der Waals surface area contributed by atoms with E-state index in [9.17, 15) is 14.4 Å². The summed E-state index contributed by atoms with van der Waals surface area (Å²) in [6.07, 6.45) is 5.03. The van der Waals surface area contributed by atoms with Crippen molar-refractivity contribution in [2.75, 3.05) is 0 Å². The molecule has 1 aliphatic heterocycles. The summed E-state index contributed by atoms with van der Waals surface area (Å²) in [7, 11) is 1.80. The molecule has 0 radical (unpaired) electrons. The zero-order chi connectivity index (χ0) is 21.2. The van der Waals surface area contributed by atoms with Crippen molar-refractivity contribution in [1.82, 2.24) is 30.5 Å². The maximum absolute atomic E-state index is 13.2. The number of carbonyl (C=O) groups excluding carboxylic acids is 3. The Balaban J connectivity index is 1.46. The number of nitrogens with zero attached hydrogens (tertiary/aromatic N) is 4. The Kier molecular flexibility index (Phi) is 4.13. The first kappa shape index (κ1) is 19.0. The predicted molar refractivity (Wildman–Crippen MR) is 108 cm³/mol. The fraction of sp³-hybridized carbons (Fsp3) is 0.571. The molecule has 3 heterocycles. The third-order valence-corrected chi connectivity index (χ3v) is 6.73. The lowest BCUT2D eigenvalue weighted by molar-refractivity contribution is -0.134. The Bertz CT molecular complexity index is 1080. The van der Waals surface area contributed by atoms with E-state index in [-0.39, 0.29) is 5.91 Å². The molecule has 2 aromatic rings. The van der Waals surface area contributed by atoms with Gasteiger partial charge in [0.1, 0.15) is 5.54 Å². The minimum Gasteiger partial charge on any atom is -0.322 e. The molecule has 2 aromatic heterocycles. The highest BCUT2D eigenvalue weighted by Crippen LogP contribution is 2.40. The van der Waals surface area contributed by atoms with Gasteiger partial charge in [0.2, 0.25) is 0 Å². The molecule has 2 N–H and O–H groups in total. The van der Waals surface area contributed by atoms with Gasteiger partial charge in [-0.2, -0.15) is 10.1 Å². The molecule has 2 aliphatic carbocycles. The van der Waals surface area contributed by atoms with Crippen molar-refractivity contribution in [1.29, 1.82) is 0 Å². The molecular formula is C21H26N6O3. The summed E-state index contributed by atoms with van der Waals surface area (Å²) in [6, 6.07) is 1.21. The number of amides is 4. The van der Waals surface area contributed by atoms with Crippen molar-refractivity contribution in [3.63, 3.8) is 0 Å². The maximum atomic E-state index is 13.2. The van der Waals surface area contributed by atoms with E-state index in [1.165, 1.54) is 0 Å². The number of carbonyl (C=O) groups is 3. The van der Waals surface area contributed by atoms with E-state index >= 15 is 0 Å². The van der Waals surface area contributed by atoms with Crippen molar-refractivity contribution < 1.29 is 14.4 Å². The highest BCUT2D eigenvalue weighted by molar-refractivity contribution is 6.12. The van der Waals surface area contributed by atoms with E-state index in [1.54, 1.807) is 17.8 Å². The van der Waals surface area contributed by atoms with Gasteiger partial charge in [-0.15, -0.1) is 0 Å². The van der Waals surface area contributed by atoms with Gasteiger partial charge in [-0.05, 0) is 57.4 Å². The molecular weight excluding hydrogens is 384 g/mol. The predicted octanol–water partition coefficient (Wildman–Crippen LogP) is 2.30. The highest BCUT2D eigenvalue weighted by Gasteiger charge is 2.53. The van der Waals surface area contributed by atoms with E-state index < -0.39 is 17.5 Å². The number of rotatable bonds is 3. The second-order valence-electron chi connectivity index (χ2n) is 9.05. The number of urea groups is 1. The van der Waals surface area contributed by atoms with Crippen LogP contribution in [0.15, 0.2) is 6.07 Å². The quantitative estimate of drug-likeness (QED) is 0.755. The zero-order valence-electron chi connectivity index (χ0n) is 17.5. The number of hydrazine groups is 1. The van der Waals surface area contributed by atoms with Crippen molar-refractivity contribution >= 4 is 28.9 Å². The molecule has 0 aromatic carbocycles. The average Bonchev–Trinajstić information content (AvgIpc) is 3.49. The van der Waals surface area contributed by atoms with Gasteiger partial charge in [-0.3, -0.25) is 19.7 Å². The Morgan fingerprint density at radius 1 is 1.23 bits per heavy atom. The van der Waals surface area contributed by atoms with Gasteiger partial charge in [0.25, 0.3) is 11.8 Å². The van der Waals surface area contributed by atoms with Crippen LogP contribution in [-0.4, -0.2) is 43.2 Å². The first-order valence-electron chi connectivity index (χ1n) is 10.6. The fourth-order valence-electron chi connectivity index (χ4n) is 4.71. The first-order chi connectivity index (χ1) is 14.3. The lowest BCUT2D eigenvalue weighted by Gasteiger charge is -2.33. The van der Waals surface area contributed by atoms with Crippen LogP contribution in [0.3, 0.4) is 0 Å². The number of nitrogens with one attached hydrogen (secondary N) is 2. The fourth-order valence-corrected chi connectivity index (χ4v) is 4.71. The third kappa shape index (κ3) is 2.86. The van der Waals surface area contributed by atoms with Crippen molar-refractivity contribution in [2.24, 2.45) is 13.0 Å². The van der Waals surface area contributed by atoms with Gasteiger partial charge in [0, 0.05) is 18.7 Å². The average molecular weight is 410 g/mol. The Morgan fingerprint density at radius 3 is 2.60 bits per heavy atom. The van der Waals surface area contributed by atoms with Crippen LogP contribution < -0.4 is 10.7 Å². The summed E-state index contributed by atoms with van der Waals surface area (Å²) in [5.41, 5.74) is 4.23. The van der Waals surface area contributed by atoms with Crippen LogP contribution in [0.1, 0.15) is 73.1 Å². The van der Waals surface area contributed by atoms with Crippen LogP contribution in [0.25, 0.3) is 11.0 Å². The van der Waals surface area contributed by atoms with Gasteiger partial charge < -0.3 is 5.32 Å². The smallest absolute Gasteiger partial charge is 0.322 e. The molecule has 5 rings (SSSR count). The number of hydrogen-bond acceptors (Lipinski definition) is 5. The zero-order valence-corrected chi connectivity index (χ0v) is 17.5. The topological polar surface area (TPSA) is 109 Å². The van der Waals surface area contributed by atoms with Gasteiger partial charge in [-0.25, -0.2) is 9.78 Å². The lowest BCUT2D eigenvalue weighted by Crippen LogP contribution is -2.51. The molecule has 1 saturated heterocycles. The Hall–Kier alpha value is -2.97. The van der Waals surface area contributed by atoms with Gasteiger partial charge in [-0.1, -0.05) is 6.92 Å². The number of fused-ring (bicyclic) bond motifs is 1. The number of pyridine rings is 1. The van der Waals surface area contributed by atoms with Gasteiger partial charge in [0.15, 0.2) is 5.65 Å². The van der Waals surface area contributed by atoms with Gasteiger partial charge >= 0.3 is 6.03 Å². The van der Waals surface area contributed by atoms with Gasteiger partial charge in [0.05, 0.1) is 16.6 Å². The minimum absolute atomic E-state index is 0.348. The molecule has 9 heteroatoms. The standard InChI is InChI=1S/C21H26N6O3/c1-11-6-8-21(9-7-11)19(29)27(20(30)23-21)25-18(28)14-10-15(13-4-5-13)22-17-16(14)12(2)24-26(17)3/h10-11,13H,4-9H2,1-3H3,(H,23,30)(H,25,28). The number of imide groups is 1. The number of aromatic nitrogens is 3. The second-order valence-corrected chi connectivity index (χ2v) is 9.05. The molecule has 158 valence electrons. The summed E-state index contributed by atoms with van der Waals surface area (Å²) < 4.78 is 1.67. The first-order valence-corrected chi connectivity index (χ1v) is 10.6. The van der Waals surface area contributed by atoms with Crippen molar-refractivity contribution in [2.45, 2.75) is 63.8 Å². The van der Waals surface area contributed by atoms with Crippen molar-refractivity contribution in [3.8, 4) is 0 Å². The molecule has 2 saturated carbocycles. The van der Waals surface area contributed by atoms with Crippen LogP contribution in [0.4, 0.5) is 4.79 Å². The molecule has 0 unspecified atom stereocenters. The molecule has 30 heavy (non-hydrogen) atoms. The molecule has 9 nitrogen and oxygen atoms in total. The van der Waals surface area contributed by atoms with E-state index in [1.807, 2.05) is 6.92 Å². The minimum atomic E-state index is -0.895. The van der Waals surface area contributed by atoms with Crippen LogP contribution in [0.2, 0.25) is 0 Å². The lowest BCUT2D eigenvalue weighted by atomic mass is 9.77. The highest BCUT2D eigenvalue weighted by atomic mass is 16.2. The van der Waals surface area contributed by atoms with Crippen LogP contribution >= 0.6 is 0 Å². The number of aryl methyl sites for hydroxylation is 2. The largest absolute Gasteiger partial charge is 0.344 e. The maximum Gasteiger partial charge on any atom is 0.344 e. The molecule has 0 atom stereocenters. The van der Waals surface area contributed by atoms with Crippen molar-refractivity contribution in [3.05, 3.63) is 23.0 Å². The van der Waals surface area contributed by atoms with E-state index in [4.69, 9.17) is 4.98 Å². The molecule has 1 spiro atoms. The molecule has 3 fully saturated rings. The summed E-state index contributed by atoms with van der Waals surface area (Å²) in [4.78, 5) is 43.6. The summed E-state index contributed by atoms with van der Waals surface area (Å²) in [5.74, 6) is 0.0114. The summed E-state index contributed by atoms with van der Waals surface area (Å²) in [5, 5.41) is 8.74. The third-order valence-electron chi connectivity index (χ3n) is 6.73. The second kappa shape index (κ2) is 6.52. The SMILES string of the molecule is Cc1nn(C)c2nc(C3CC3)cc(C(=O)NN3C(=O)NC4(CCC(C)CC4)C3=O)c12. The Morgan fingerprint density at radius 2 is 1.93 bits per heavy atom. The number of hydrogen-bond donors (Lipinski definition) is 2. The van der Waals surface area contributed by atoms with Crippen LogP contribution in [-0.2, 0) is 11.8 Å². The van der Waals surface area contributed by atoms with E-state index in [0.29, 0.717) is 47.0 Å². The normalized spacial score (nSPS) is 26.5.